The summed E-state index contributed by atoms with van der Waals surface area (Å²) in [4.78, 5) is 28.9. The van der Waals surface area contributed by atoms with E-state index in [-0.39, 0.29) is 6.42 Å². The largest absolute Gasteiger partial charge is 0.496 e. The number of aromatic nitrogens is 3. The van der Waals surface area contributed by atoms with E-state index in [2.05, 4.69) is 28.5 Å². The summed E-state index contributed by atoms with van der Waals surface area (Å²) in [6, 6.07) is 20.8. The van der Waals surface area contributed by atoms with Crippen LogP contribution >= 0.6 is 0 Å². The molecular formula is C33H32N4O4. The number of amides is 1. The number of ether oxygens (including phenoxy) is 2. The van der Waals surface area contributed by atoms with E-state index in [0.29, 0.717) is 11.4 Å². The molecule has 5 rings (SSSR count). The number of carbonyl (C=O) groups excluding carboxylic acids is 2. The number of carbonyl (C=O) groups is 2. The Kier molecular flexibility index (Phi) is 8.01. The highest BCUT2D eigenvalue weighted by Crippen LogP contribution is 2.32. The number of hydrogen-bond donors (Lipinski definition) is 2. The molecule has 0 radical (unpaired) electrons. The van der Waals surface area contributed by atoms with Crippen LogP contribution in [-0.2, 0) is 20.7 Å². The molecule has 0 fully saturated rings. The normalized spacial score (nSPS) is 12.0. The summed E-state index contributed by atoms with van der Waals surface area (Å²) >= 11 is 0. The molecule has 0 aliphatic rings. The molecule has 208 valence electrons. The van der Waals surface area contributed by atoms with Crippen LogP contribution in [0.5, 0.6) is 5.75 Å². The number of fused-ring (bicyclic) bond motifs is 1. The van der Waals surface area contributed by atoms with Gasteiger partial charge in [0, 0.05) is 46.9 Å². The zero-order valence-corrected chi connectivity index (χ0v) is 23.5. The first kappa shape index (κ1) is 27.5. The van der Waals surface area contributed by atoms with E-state index in [1.54, 1.807) is 17.9 Å². The second kappa shape index (κ2) is 12.0. The van der Waals surface area contributed by atoms with Crippen LogP contribution in [-0.4, -0.2) is 46.9 Å². The number of methoxy groups -OCH3 is 2. The Bertz CT molecular complexity index is 1730. The van der Waals surface area contributed by atoms with Gasteiger partial charge in [-0.2, -0.15) is 5.10 Å². The molecule has 41 heavy (non-hydrogen) atoms. The van der Waals surface area contributed by atoms with E-state index in [1.165, 1.54) is 13.2 Å². The van der Waals surface area contributed by atoms with Crippen molar-refractivity contribution < 1.29 is 19.1 Å². The van der Waals surface area contributed by atoms with Gasteiger partial charge in [-0.05, 0) is 66.9 Å². The maximum absolute atomic E-state index is 13.1. The van der Waals surface area contributed by atoms with Crippen molar-refractivity contribution in [2.24, 2.45) is 0 Å². The maximum Gasteiger partial charge on any atom is 0.328 e. The van der Waals surface area contributed by atoms with E-state index in [9.17, 15) is 9.59 Å². The van der Waals surface area contributed by atoms with Gasteiger partial charge in [-0.1, -0.05) is 36.4 Å². The molecule has 2 N–H and O–H groups in total. The molecule has 5 aromatic rings. The monoisotopic (exact) mass is 548 g/mol. The fourth-order valence-corrected chi connectivity index (χ4v) is 5.02. The summed E-state index contributed by atoms with van der Waals surface area (Å²) in [5.74, 6) is -0.276. The summed E-state index contributed by atoms with van der Waals surface area (Å²) in [7, 11) is 2.93. The summed E-state index contributed by atoms with van der Waals surface area (Å²) in [5.41, 5.74) is 7.20. The van der Waals surface area contributed by atoms with Crippen LogP contribution in [0.1, 0.15) is 22.3 Å². The summed E-state index contributed by atoms with van der Waals surface area (Å²) in [6.45, 7) is 4.08. The van der Waals surface area contributed by atoms with Gasteiger partial charge in [-0.3, -0.25) is 4.79 Å². The summed E-state index contributed by atoms with van der Waals surface area (Å²) in [5, 5.41) is 8.68. The number of rotatable bonds is 9. The van der Waals surface area contributed by atoms with E-state index in [0.717, 1.165) is 44.4 Å². The van der Waals surface area contributed by atoms with Crippen molar-refractivity contribution in [3.8, 4) is 22.7 Å². The van der Waals surface area contributed by atoms with Crippen LogP contribution in [0, 0.1) is 13.8 Å². The quantitative estimate of drug-likeness (QED) is 0.186. The molecule has 1 atom stereocenters. The SMILES string of the molecule is COC(=O)[C@H](Cc1c[nH]c2ccccc12)NC(=O)/C=C\c1cn(-c2cc(C)cc(C)c2)nc1-c1ccccc1OC. The van der Waals surface area contributed by atoms with E-state index < -0.39 is 17.9 Å². The van der Waals surface area contributed by atoms with Gasteiger partial charge in [0.1, 0.15) is 17.5 Å². The fourth-order valence-electron chi connectivity index (χ4n) is 5.02. The Hall–Kier alpha value is -5.11. The lowest BCUT2D eigenvalue weighted by Crippen LogP contribution is -2.42. The molecular weight excluding hydrogens is 516 g/mol. The van der Waals surface area contributed by atoms with Crippen LogP contribution in [0.3, 0.4) is 0 Å². The molecule has 1 amide bonds. The van der Waals surface area contributed by atoms with Gasteiger partial charge < -0.3 is 19.8 Å². The minimum atomic E-state index is -0.858. The molecule has 0 spiro atoms. The van der Waals surface area contributed by atoms with Crippen LogP contribution in [0.15, 0.2) is 85.2 Å². The molecule has 0 bridgehead atoms. The molecule has 2 aromatic heterocycles. The zero-order valence-electron chi connectivity index (χ0n) is 23.5. The van der Waals surface area contributed by atoms with Crippen molar-refractivity contribution in [3.63, 3.8) is 0 Å². The average Bonchev–Trinajstić information content (AvgIpc) is 3.59. The predicted molar refractivity (Wildman–Crippen MR) is 160 cm³/mol. The molecule has 0 unspecified atom stereocenters. The van der Waals surface area contributed by atoms with Crippen molar-refractivity contribution in [2.75, 3.05) is 14.2 Å². The second-order valence-electron chi connectivity index (χ2n) is 9.91. The Morgan fingerprint density at radius 2 is 1.76 bits per heavy atom. The fraction of sp³-hybridized carbons (Fsp3) is 0.182. The van der Waals surface area contributed by atoms with Crippen molar-refractivity contribution in [2.45, 2.75) is 26.3 Å². The number of nitrogens with zero attached hydrogens (tertiary/aromatic N) is 2. The Balaban J connectivity index is 1.45. The Labute approximate surface area is 238 Å². The third kappa shape index (κ3) is 6.06. The van der Waals surface area contributed by atoms with Gasteiger partial charge in [-0.15, -0.1) is 0 Å². The van der Waals surface area contributed by atoms with Crippen LogP contribution in [0.2, 0.25) is 0 Å². The smallest absolute Gasteiger partial charge is 0.328 e. The molecule has 0 saturated carbocycles. The lowest BCUT2D eigenvalue weighted by atomic mass is 10.0. The second-order valence-corrected chi connectivity index (χ2v) is 9.91. The third-order valence-corrected chi connectivity index (χ3v) is 6.89. The van der Waals surface area contributed by atoms with Gasteiger partial charge >= 0.3 is 5.97 Å². The zero-order chi connectivity index (χ0) is 28.9. The van der Waals surface area contributed by atoms with Crippen LogP contribution in [0.4, 0.5) is 0 Å². The van der Waals surface area contributed by atoms with Crippen LogP contribution < -0.4 is 10.1 Å². The third-order valence-electron chi connectivity index (χ3n) is 6.89. The number of H-pyrrole nitrogens is 1. The number of aromatic amines is 1. The van der Waals surface area contributed by atoms with E-state index in [1.807, 2.05) is 74.8 Å². The van der Waals surface area contributed by atoms with Gasteiger partial charge in [-0.25, -0.2) is 9.48 Å². The van der Waals surface area contributed by atoms with Crippen molar-refractivity contribution in [1.82, 2.24) is 20.1 Å². The number of hydrogen-bond acceptors (Lipinski definition) is 5. The minimum Gasteiger partial charge on any atom is -0.496 e. The highest BCUT2D eigenvalue weighted by molar-refractivity contribution is 5.96. The van der Waals surface area contributed by atoms with Crippen molar-refractivity contribution in [1.29, 1.82) is 0 Å². The number of para-hydroxylation sites is 2. The highest BCUT2D eigenvalue weighted by Gasteiger charge is 2.23. The summed E-state index contributed by atoms with van der Waals surface area (Å²) in [6.07, 6.45) is 7.12. The molecule has 2 heterocycles. The van der Waals surface area contributed by atoms with Gasteiger partial charge in [0.25, 0.3) is 0 Å². The number of benzene rings is 3. The molecule has 0 saturated heterocycles. The first-order chi connectivity index (χ1) is 19.9. The maximum atomic E-state index is 13.1. The van der Waals surface area contributed by atoms with Gasteiger partial charge in [0.05, 0.1) is 19.9 Å². The Morgan fingerprint density at radius 3 is 2.51 bits per heavy atom. The number of aryl methyl sites for hydroxylation is 2. The first-order valence-electron chi connectivity index (χ1n) is 13.3. The van der Waals surface area contributed by atoms with Gasteiger partial charge in [0.2, 0.25) is 5.91 Å². The molecule has 0 aliphatic carbocycles. The summed E-state index contributed by atoms with van der Waals surface area (Å²) < 4.78 is 12.4. The Morgan fingerprint density at radius 1 is 1.02 bits per heavy atom. The highest BCUT2D eigenvalue weighted by atomic mass is 16.5. The van der Waals surface area contributed by atoms with E-state index >= 15 is 0 Å². The number of esters is 1. The van der Waals surface area contributed by atoms with Gasteiger partial charge in [0.15, 0.2) is 0 Å². The average molecular weight is 549 g/mol. The lowest BCUT2D eigenvalue weighted by molar-refractivity contribution is -0.144. The van der Waals surface area contributed by atoms with Crippen molar-refractivity contribution in [3.05, 3.63) is 107 Å². The minimum absolute atomic E-state index is 0.285. The lowest BCUT2D eigenvalue weighted by Gasteiger charge is -2.15. The van der Waals surface area contributed by atoms with Crippen molar-refractivity contribution >= 4 is 28.9 Å². The first-order valence-corrected chi connectivity index (χ1v) is 13.3. The van der Waals surface area contributed by atoms with Crippen LogP contribution in [0.25, 0.3) is 33.9 Å². The topological polar surface area (TPSA) is 98.2 Å². The number of nitrogens with one attached hydrogen (secondary N) is 2. The molecule has 8 nitrogen and oxygen atoms in total. The molecule has 3 aromatic carbocycles. The standard InChI is InChI=1S/C33H32N4O4/c1-21-15-22(2)17-25(16-21)37-20-23(32(36-37)27-10-6-8-12-30(27)40-3)13-14-31(38)35-29(33(39)41-4)18-24-19-34-28-11-7-5-9-26(24)28/h5-17,19-20,29,34H,18H2,1-4H3,(H,35,38)/b14-13-/t29-/m0/s1. The van der Waals surface area contributed by atoms with E-state index in [4.69, 9.17) is 14.6 Å². The predicted octanol–water partition coefficient (Wildman–Crippen LogP) is 5.56. The molecule has 8 heteroatoms. The molecule has 0 aliphatic heterocycles.